The first-order valence-corrected chi connectivity index (χ1v) is 30.3. The largest absolute Gasteiger partial charge is 0.382 e. The number of amides is 4. The predicted molar refractivity (Wildman–Crippen MR) is 296 cm³/mol. The van der Waals surface area contributed by atoms with Crippen LogP contribution in [0.15, 0.2) is 0 Å². The van der Waals surface area contributed by atoms with Gasteiger partial charge in [0.05, 0.1) is 0 Å². The number of rotatable bonds is 50. The number of aliphatic hydroxyl groups excluding tert-OH is 4. The third kappa shape index (κ3) is 35.8. The smallest absolute Gasteiger partial charge is 0.250 e. The van der Waals surface area contributed by atoms with Gasteiger partial charge in [0.2, 0.25) is 23.6 Å². The molecule has 14 nitrogen and oxygen atoms in total. The van der Waals surface area contributed by atoms with Gasteiger partial charge in [-0.25, -0.2) is 0 Å². The van der Waals surface area contributed by atoms with Gasteiger partial charge in [0, 0.05) is 64.4 Å². The Kier molecular flexibility index (Phi) is 44.3. The molecule has 4 amide bonds. The second-order valence-corrected chi connectivity index (χ2v) is 21.5. The van der Waals surface area contributed by atoms with Gasteiger partial charge in [0.1, 0.15) is 24.4 Å². The zero-order valence-corrected chi connectivity index (χ0v) is 46.9. The molecule has 0 saturated heterocycles. The molecule has 0 aromatic heterocycles. The van der Waals surface area contributed by atoms with Gasteiger partial charge in [0.25, 0.3) is 0 Å². The highest BCUT2D eigenvalue weighted by Crippen LogP contribution is 2.28. The summed E-state index contributed by atoms with van der Waals surface area (Å²) in [6.07, 6.45) is 33.3. The van der Waals surface area contributed by atoms with Crippen molar-refractivity contribution in [1.29, 1.82) is 0 Å². The standard InChI is InChI=1S/C58H114N6O8/c1-5-9-13-17-21-25-29-33-41-59-55(69)51(65)45-63(46-52(66)56(70)60-42-34-30-26-22-18-14-10-6-2)49-37-39-50(40-38-49)64(47-53(67)57(71)61-43-35-31-27-23-19-15-11-7-3)48-54(68)58(72)62-44-36-32-28-24-20-16-12-8-4/h49-54,65-68H,5-48H2,1-4H3,(H,59,69)(H,60,70)(H,61,71)(H,62,72). The number of aliphatic hydroxyl groups is 4. The second kappa shape index (κ2) is 47.1. The van der Waals surface area contributed by atoms with Crippen molar-refractivity contribution in [2.24, 2.45) is 0 Å². The third-order valence-corrected chi connectivity index (χ3v) is 14.9. The van der Waals surface area contributed by atoms with Crippen molar-refractivity contribution in [1.82, 2.24) is 31.1 Å². The fourth-order valence-corrected chi connectivity index (χ4v) is 10.1. The van der Waals surface area contributed by atoms with Crippen LogP contribution < -0.4 is 21.3 Å². The maximum Gasteiger partial charge on any atom is 0.250 e. The molecule has 1 aliphatic carbocycles. The van der Waals surface area contributed by atoms with E-state index >= 15 is 0 Å². The van der Waals surface area contributed by atoms with Crippen LogP contribution in [0.4, 0.5) is 0 Å². The molecule has 0 aromatic carbocycles. The number of nitrogens with zero attached hydrogens (tertiary/aromatic N) is 2. The Labute approximate surface area is 440 Å². The molecular weight excluding hydrogens is 909 g/mol. The van der Waals surface area contributed by atoms with E-state index in [1.165, 1.54) is 128 Å². The molecule has 0 heterocycles. The summed E-state index contributed by atoms with van der Waals surface area (Å²) in [5.41, 5.74) is 0. The van der Waals surface area contributed by atoms with Crippen LogP contribution in [0, 0.1) is 0 Å². The fraction of sp³-hybridized carbons (Fsp3) is 0.931. The van der Waals surface area contributed by atoms with Crippen LogP contribution in [0.25, 0.3) is 0 Å². The summed E-state index contributed by atoms with van der Waals surface area (Å²) < 4.78 is 0. The van der Waals surface area contributed by atoms with E-state index in [0.29, 0.717) is 51.9 Å². The molecule has 14 heteroatoms. The second-order valence-electron chi connectivity index (χ2n) is 21.5. The number of unbranched alkanes of at least 4 members (excludes halogenated alkanes) is 28. The van der Waals surface area contributed by atoms with Crippen LogP contribution in [0.5, 0.6) is 0 Å². The number of hydrogen-bond acceptors (Lipinski definition) is 10. The summed E-state index contributed by atoms with van der Waals surface area (Å²) >= 11 is 0. The minimum absolute atomic E-state index is 0.0554. The molecule has 1 saturated carbocycles. The van der Waals surface area contributed by atoms with E-state index in [0.717, 1.165) is 77.0 Å². The first-order chi connectivity index (χ1) is 35.0. The van der Waals surface area contributed by atoms with Crippen LogP contribution in [-0.2, 0) is 19.2 Å². The molecule has 1 rings (SSSR count). The Balaban J connectivity index is 3.01. The molecular formula is C58H114N6O8. The topological polar surface area (TPSA) is 204 Å². The highest BCUT2D eigenvalue weighted by molar-refractivity contribution is 5.82. The summed E-state index contributed by atoms with van der Waals surface area (Å²) in [6, 6.07) is -0.374. The normalized spacial score (nSPS) is 16.6. The Morgan fingerprint density at radius 1 is 0.319 bits per heavy atom. The molecule has 0 aliphatic heterocycles. The molecule has 0 aromatic rings. The Morgan fingerprint density at radius 3 is 0.667 bits per heavy atom. The first kappa shape index (κ1) is 67.7. The molecule has 4 unspecified atom stereocenters. The summed E-state index contributed by atoms with van der Waals surface area (Å²) in [7, 11) is 0. The molecule has 0 bridgehead atoms. The van der Waals surface area contributed by atoms with Gasteiger partial charge in [-0.05, 0) is 51.4 Å². The summed E-state index contributed by atoms with van der Waals surface area (Å²) in [5.74, 6) is -1.89. The van der Waals surface area contributed by atoms with Crippen molar-refractivity contribution < 1.29 is 39.6 Å². The first-order valence-electron chi connectivity index (χ1n) is 30.3. The van der Waals surface area contributed by atoms with Crippen LogP contribution in [-0.4, -0.2) is 143 Å². The Hall–Kier alpha value is -2.36. The van der Waals surface area contributed by atoms with Crippen molar-refractivity contribution in [3.63, 3.8) is 0 Å². The van der Waals surface area contributed by atoms with E-state index in [-0.39, 0.29) is 38.3 Å². The molecule has 424 valence electrons. The van der Waals surface area contributed by atoms with Gasteiger partial charge >= 0.3 is 0 Å². The lowest BCUT2D eigenvalue weighted by molar-refractivity contribution is -0.135. The van der Waals surface area contributed by atoms with E-state index in [4.69, 9.17) is 0 Å². The Bertz CT molecular complexity index is 1130. The summed E-state index contributed by atoms with van der Waals surface area (Å²) in [4.78, 5) is 56.6. The van der Waals surface area contributed by atoms with Crippen molar-refractivity contribution in [3.05, 3.63) is 0 Å². The molecule has 0 radical (unpaired) electrons. The van der Waals surface area contributed by atoms with Gasteiger partial charge in [0.15, 0.2) is 0 Å². The lowest BCUT2D eigenvalue weighted by Gasteiger charge is -2.42. The maximum absolute atomic E-state index is 13.2. The van der Waals surface area contributed by atoms with E-state index in [1.54, 1.807) is 0 Å². The van der Waals surface area contributed by atoms with Crippen LogP contribution in [0.3, 0.4) is 0 Å². The van der Waals surface area contributed by atoms with Crippen LogP contribution >= 0.6 is 0 Å². The van der Waals surface area contributed by atoms with Crippen molar-refractivity contribution in [3.8, 4) is 0 Å². The quantitative estimate of drug-likeness (QED) is 0.0271. The molecule has 8 N–H and O–H groups in total. The molecule has 1 fully saturated rings. The average Bonchev–Trinajstić information content (AvgIpc) is 3.38. The van der Waals surface area contributed by atoms with Crippen LogP contribution in [0.1, 0.15) is 259 Å². The van der Waals surface area contributed by atoms with E-state index < -0.39 is 48.0 Å². The van der Waals surface area contributed by atoms with Crippen LogP contribution in [0.2, 0.25) is 0 Å². The third-order valence-electron chi connectivity index (χ3n) is 14.9. The minimum atomic E-state index is -1.36. The van der Waals surface area contributed by atoms with E-state index in [1.807, 2.05) is 9.80 Å². The highest BCUT2D eigenvalue weighted by Gasteiger charge is 2.35. The van der Waals surface area contributed by atoms with Crippen molar-refractivity contribution in [2.45, 2.75) is 295 Å². The molecule has 4 atom stereocenters. The maximum atomic E-state index is 13.2. The fourth-order valence-electron chi connectivity index (χ4n) is 10.1. The number of nitrogens with one attached hydrogen (secondary N) is 4. The summed E-state index contributed by atoms with van der Waals surface area (Å²) in [6.45, 7) is 10.5. The predicted octanol–water partition coefficient (Wildman–Crippen LogP) is 9.37. The molecule has 0 spiro atoms. The number of carbonyl (C=O) groups excluding carboxylic acids is 4. The summed E-state index contributed by atoms with van der Waals surface area (Å²) in [5, 5.41) is 56.5. The van der Waals surface area contributed by atoms with Gasteiger partial charge < -0.3 is 41.7 Å². The van der Waals surface area contributed by atoms with E-state index in [9.17, 15) is 39.6 Å². The zero-order chi connectivity index (χ0) is 52.9. The van der Waals surface area contributed by atoms with Crippen molar-refractivity contribution >= 4 is 23.6 Å². The Morgan fingerprint density at radius 2 is 0.486 bits per heavy atom. The van der Waals surface area contributed by atoms with Crippen molar-refractivity contribution in [2.75, 3.05) is 52.4 Å². The van der Waals surface area contributed by atoms with Gasteiger partial charge in [-0.2, -0.15) is 0 Å². The molecule has 1 aliphatic rings. The monoisotopic (exact) mass is 1020 g/mol. The van der Waals surface area contributed by atoms with E-state index in [2.05, 4.69) is 49.0 Å². The number of hydrogen-bond donors (Lipinski definition) is 8. The molecule has 72 heavy (non-hydrogen) atoms. The van der Waals surface area contributed by atoms with Gasteiger partial charge in [-0.1, -0.05) is 207 Å². The minimum Gasteiger partial charge on any atom is -0.382 e. The highest BCUT2D eigenvalue weighted by atomic mass is 16.3. The van der Waals surface area contributed by atoms with Gasteiger partial charge in [-0.3, -0.25) is 29.0 Å². The van der Waals surface area contributed by atoms with Gasteiger partial charge in [-0.15, -0.1) is 0 Å². The zero-order valence-electron chi connectivity index (χ0n) is 46.9. The lowest BCUT2D eigenvalue weighted by Crippen LogP contribution is -2.55. The SMILES string of the molecule is CCCCCCCCCCNC(=O)C(O)CN(CC(O)C(=O)NCCCCCCCCCC)C1CCC(N(CC(O)C(=O)NCCCCCCCCCC)CC(O)C(=O)NCCCCCCCCCC)CC1. The number of carbonyl (C=O) groups is 4. The average molecular weight is 1020 g/mol. The lowest BCUT2D eigenvalue weighted by atomic mass is 9.88.